The molecule has 0 aromatic heterocycles. The second kappa shape index (κ2) is 7.06. The first-order chi connectivity index (χ1) is 12.1. The number of benzene rings is 3. The van der Waals surface area contributed by atoms with Crippen molar-refractivity contribution in [1.29, 1.82) is 5.26 Å². The topological polar surface area (TPSA) is 70.3 Å². The van der Waals surface area contributed by atoms with Crippen LogP contribution in [0.5, 0.6) is 11.5 Å². The number of methoxy groups -OCH3 is 1. The molecule has 124 valence electrons. The highest BCUT2D eigenvalue weighted by Gasteiger charge is 2.20. The number of ether oxygens (including phenoxy) is 1. The summed E-state index contributed by atoms with van der Waals surface area (Å²) < 4.78 is 5.11. The molecule has 4 nitrogen and oxygen atoms in total. The van der Waals surface area contributed by atoms with Crippen LogP contribution in [0.2, 0.25) is 0 Å². The summed E-state index contributed by atoms with van der Waals surface area (Å²) in [6, 6.07) is 20.0. The minimum atomic E-state index is -0.579. The monoisotopic (exact) mass is 331 g/mol. The lowest BCUT2D eigenvalue weighted by Gasteiger charge is -2.11. The van der Waals surface area contributed by atoms with Gasteiger partial charge < -0.3 is 9.84 Å². The molecule has 0 heterocycles. The van der Waals surface area contributed by atoms with E-state index >= 15 is 0 Å². The van der Waals surface area contributed by atoms with Gasteiger partial charge in [0.05, 0.1) is 24.7 Å². The highest BCUT2D eigenvalue weighted by molar-refractivity contribution is 6.05. The van der Waals surface area contributed by atoms with Gasteiger partial charge >= 0.3 is 0 Å². The van der Waals surface area contributed by atoms with Gasteiger partial charge in [-0.05, 0) is 29.1 Å². The Morgan fingerprint density at radius 1 is 1.12 bits per heavy atom. The standard InChI is InChI=1S/C21H17NO3/c1-25-17-9-6-14(7-10-17)16(13-22)12-20(23)19-11-8-15-4-2-3-5-18(15)21(19)24/h2-11,16,24H,12H2,1H3. The summed E-state index contributed by atoms with van der Waals surface area (Å²) in [4.78, 5) is 12.6. The number of ketones is 1. The first kappa shape index (κ1) is 16.5. The maximum Gasteiger partial charge on any atom is 0.168 e. The van der Waals surface area contributed by atoms with Crippen molar-refractivity contribution in [3.8, 4) is 17.6 Å². The van der Waals surface area contributed by atoms with Gasteiger partial charge in [0.15, 0.2) is 5.78 Å². The van der Waals surface area contributed by atoms with E-state index in [9.17, 15) is 15.2 Å². The fourth-order valence-corrected chi connectivity index (χ4v) is 2.85. The van der Waals surface area contributed by atoms with E-state index in [-0.39, 0.29) is 23.5 Å². The molecule has 0 aliphatic heterocycles. The number of aromatic hydroxyl groups is 1. The zero-order chi connectivity index (χ0) is 17.8. The number of Topliss-reactive ketones (excluding diaryl/α,β-unsaturated/α-hetero) is 1. The number of phenolic OH excluding ortho intramolecular Hbond substituents is 1. The van der Waals surface area contributed by atoms with Gasteiger partial charge in [0.1, 0.15) is 11.5 Å². The highest BCUT2D eigenvalue weighted by atomic mass is 16.5. The Morgan fingerprint density at radius 2 is 1.84 bits per heavy atom. The molecule has 3 aromatic rings. The average Bonchev–Trinajstić information content (AvgIpc) is 2.66. The molecule has 0 saturated heterocycles. The van der Waals surface area contributed by atoms with Crippen LogP contribution in [-0.2, 0) is 0 Å². The predicted octanol–water partition coefficient (Wildman–Crippen LogP) is 4.43. The zero-order valence-electron chi connectivity index (χ0n) is 13.8. The van der Waals surface area contributed by atoms with Crippen molar-refractivity contribution in [3.05, 3.63) is 71.8 Å². The molecule has 0 amide bonds. The third kappa shape index (κ3) is 3.31. The van der Waals surface area contributed by atoms with Crippen LogP contribution in [0.15, 0.2) is 60.7 Å². The van der Waals surface area contributed by atoms with Gasteiger partial charge in [-0.3, -0.25) is 4.79 Å². The molecule has 1 atom stereocenters. The maximum absolute atomic E-state index is 12.6. The van der Waals surface area contributed by atoms with Crippen LogP contribution >= 0.6 is 0 Å². The van der Waals surface area contributed by atoms with Gasteiger partial charge in [0.2, 0.25) is 0 Å². The molecule has 25 heavy (non-hydrogen) atoms. The van der Waals surface area contributed by atoms with E-state index in [0.29, 0.717) is 11.1 Å². The van der Waals surface area contributed by atoms with Crippen LogP contribution in [0.1, 0.15) is 28.3 Å². The Balaban J connectivity index is 1.87. The fourth-order valence-electron chi connectivity index (χ4n) is 2.85. The smallest absolute Gasteiger partial charge is 0.168 e. The zero-order valence-corrected chi connectivity index (χ0v) is 13.8. The molecule has 0 aliphatic carbocycles. The molecule has 0 saturated carbocycles. The first-order valence-electron chi connectivity index (χ1n) is 7.91. The Morgan fingerprint density at radius 3 is 2.52 bits per heavy atom. The molecule has 3 rings (SSSR count). The largest absolute Gasteiger partial charge is 0.507 e. The van der Waals surface area contributed by atoms with Gasteiger partial charge in [-0.2, -0.15) is 5.26 Å². The molecular weight excluding hydrogens is 314 g/mol. The van der Waals surface area contributed by atoms with Crippen LogP contribution in [0.3, 0.4) is 0 Å². The van der Waals surface area contributed by atoms with Gasteiger partial charge in [0.25, 0.3) is 0 Å². The Bertz CT molecular complexity index is 955. The normalized spacial score (nSPS) is 11.7. The number of hydrogen-bond acceptors (Lipinski definition) is 4. The average molecular weight is 331 g/mol. The van der Waals surface area contributed by atoms with Gasteiger partial charge in [0, 0.05) is 11.8 Å². The molecule has 4 heteroatoms. The number of carbonyl (C=O) groups excluding carboxylic acids is 1. The molecule has 0 bridgehead atoms. The number of nitrogens with zero attached hydrogens (tertiary/aromatic N) is 1. The van der Waals surface area contributed by atoms with E-state index in [1.54, 1.807) is 49.6 Å². The van der Waals surface area contributed by atoms with E-state index in [0.717, 1.165) is 10.9 Å². The number of rotatable bonds is 5. The minimum absolute atomic E-state index is 0.00866. The molecule has 0 radical (unpaired) electrons. The van der Waals surface area contributed by atoms with Gasteiger partial charge in [-0.15, -0.1) is 0 Å². The molecule has 3 aromatic carbocycles. The number of nitriles is 1. The van der Waals surface area contributed by atoms with Crippen LogP contribution in [0, 0.1) is 11.3 Å². The molecule has 1 N–H and O–H groups in total. The third-order valence-electron chi connectivity index (χ3n) is 4.26. The predicted molar refractivity (Wildman–Crippen MR) is 95.9 cm³/mol. The van der Waals surface area contributed by atoms with Crippen LogP contribution in [-0.4, -0.2) is 18.0 Å². The van der Waals surface area contributed by atoms with E-state index in [1.165, 1.54) is 0 Å². The summed E-state index contributed by atoms with van der Waals surface area (Å²) in [6.45, 7) is 0. The van der Waals surface area contributed by atoms with Crippen molar-refractivity contribution in [2.75, 3.05) is 7.11 Å². The summed E-state index contributed by atoms with van der Waals surface area (Å²) >= 11 is 0. The van der Waals surface area contributed by atoms with Crippen LogP contribution in [0.4, 0.5) is 0 Å². The Kier molecular flexibility index (Phi) is 4.67. The van der Waals surface area contributed by atoms with Crippen molar-refractivity contribution >= 4 is 16.6 Å². The van der Waals surface area contributed by atoms with Crippen molar-refractivity contribution < 1.29 is 14.6 Å². The lowest BCUT2D eigenvalue weighted by Crippen LogP contribution is -2.07. The third-order valence-corrected chi connectivity index (χ3v) is 4.26. The fraction of sp³-hybridized carbons (Fsp3) is 0.143. The lowest BCUT2D eigenvalue weighted by molar-refractivity contribution is 0.0976. The SMILES string of the molecule is COc1ccc(C(C#N)CC(=O)c2ccc3ccccc3c2O)cc1. The molecule has 1 unspecified atom stereocenters. The molecule has 0 spiro atoms. The van der Waals surface area contributed by atoms with Gasteiger partial charge in [-0.1, -0.05) is 42.5 Å². The molecule has 0 fully saturated rings. The summed E-state index contributed by atoms with van der Waals surface area (Å²) in [5.74, 6) is -0.177. The minimum Gasteiger partial charge on any atom is -0.507 e. The second-order valence-electron chi connectivity index (χ2n) is 5.77. The van der Waals surface area contributed by atoms with Crippen molar-refractivity contribution in [1.82, 2.24) is 0 Å². The quantitative estimate of drug-likeness (QED) is 0.702. The van der Waals surface area contributed by atoms with Crippen molar-refractivity contribution in [2.24, 2.45) is 0 Å². The summed E-state index contributed by atoms with van der Waals surface area (Å²) in [7, 11) is 1.57. The van der Waals surface area contributed by atoms with E-state index in [1.807, 2.05) is 18.2 Å². The number of phenols is 1. The van der Waals surface area contributed by atoms with Crippen LogP contribution in [0.25, 0.3) is 10.8 Å². The van der Waals surface area contributed by atoms with Crippen LogP contribution < -0.4 is 4.74 Å². The Hall–Kier alpha value is -3.32. The first-order valence-corrected chi connectivity index (χ1v) is 7.91. The van der Waals surface area contributed by atoms with Gasteiger partial charge in [-0.25, -0.2) is 0 Å². The van der Waals surface area contributed by atoms with Crippen molar-refractivity contribution in [2.45, 2.75) is 12.3 Å². The summed E-state index contributed by atoms with van der Waals surface area (Å²) in [6.07, 6.45) is 0.00866. The maximum atomic E-state index is 12.6. The second-order valence-corrected chi connectivity index (χ2v) is 5.77. The van der Waals surface area contributed by atoms with E-state index in [2.05, 4.69) is 6.07 Å². The molecule has 0 aliphatic rings. The van der Waals surface area contributed by atoms with Crippen molar-refractivity contribution in [3.63, 3.8) is 0 Å². The number of carbonyl (C=O) groups is 1. The molecular formula is C21H17NO3. The Labute approximate surface area is 145 Å². The number of hydrogen-bond donors (Lipinski definition) is 1. The summed E-state index contributed by atoms with van der Waals surface area (Å²) in [5, 5.41) is 21.4. The highest BCUT2D eigenvalue weighted by Crippen LogP contribution is 2.31. The van der Waals surface area contributed by atoms with E-state index in [4.69, 9.17) is 4.74 Å². The lowest BCUT2D eigenvalue weighted by atomic mass is 9.91. The van der Waals surface area contributed by atoms with E-state index < -0.39 is 5.92 Å². The number of fused-ring (bicyclic) bond motifs is 1. The summed E-state index contributed by atoms with van der Waals surface area (Å²) in [5.41, 5.74) is 0.990.